The number of benzene rings is 2. The fraction of sp³-hybridized carbons (Fsp3) is 0.143. The molecule has 2 aromatic heterocycles. The molecule has 15 heteroatoms. The predicted octanol–water partition coefficient (Wildman–Crippen LogP) is 5.09. The fourth-order valence-electron chi connectivity index (χ4n) is 3.17. The van der Waals surface area contributed by atoms with Crippen LogP contribution in [0.3, 0.4) is 0 Å². The molecule has 0 radical (unpaired) electrons. The number of halogens is 2. The van der Waals surface area contributed by atoms with E-state index in [1.54, 1.807) is 12.1 Å². The van der Waals surface area contributed by atoms with Gasteiger partial charge in [0.25, 0.3) is 5.89 Å². The van der Waals surface area contributed by atoms with Crippen LogP contribution in [0.25, 0.3) is 22.2 Å². The lowest BCUT2D eigenvalue weighted by molar-refractivity contribution is 0.209. The Bertz CT molecular complexity index is 1420. The molecule has 4 aromatic rings. The molecule has 188 valence electrons. The maximum Gasteiger partial charge on any atom is 0.409 e. The van der Waals surface area contributed by atoms with E-state index >= 15 is 0 Å². The molecular formula is C21H18ClFN6O6S. The number of nitrogens with one attached hydrogen (secondary N) is 2. The summed E-state index contributed by atoms with van der Waals surface area (Å²) in [5, 5.41) is 18.2. The summed E-state index contributed by atoms with van der Waals surface area (Å²) in [4.78, 5) is 19.8. The number of amides is 1. The number of hydrogen-bond donors (Lipinski definition) is 4. The Kier molecular flexibility index (Phi) is 6.98. The molecule has 0 aliphatic carbocycles. The Morgan fingerprint density at radius 3 is 2.44 bits per heavy atom. The Morgan fingerprint density at radius 1 is 1.14 bits per heavy atom. The van der Waals surface area contributed by atoms with Crippen molar-refractivity contribution < 1.29 is 33.0 Å². The third-order valence-electron chi connectivity index (χ3n) is 4.73. The Balaban J connectivity index is 1.63. The van der Waals surface area contributed by atoms with Gasteiger partial charge in [-0.1, -0.05) is 28.1 Å². The van der Waals surface area contributed by atoms with Crippen molar-refractivity contribution in [2.75, 3.05) is 37.7 Å². The first-order valence-corrected chi connectivity index (χ1v) is 11.1. The Hall–Kier alpha value is -4.30. The van der Waals surface area contributed by atoms with Crippen molar-refractivity contribution in [3.8, 4) is 39.4 Å². The predicted molar refractivity (Wildman–Crippen MR) is 131 cm³/mol. The average molecular weight is 537 g/mol. The first kappa shape index (κ1) is 24.8. The molecule has 0 atom stereocenters. The molecule has 12 nitrogen and oxygen atoms in total. The van der Waals surface area contributed by atoms with Gasteiger partial charge < -0.3 is 34.9 Å². The Morgan fingerprint density at radius 2 is 1.83 bits per heavy atom. The molecule has 5 N–H and O–H groups in total. The summed E-state index contributed by atoms with van der Waals surface area (Å²) < 4.78 is 35.4. The molecule has 1 amide bonds. The van der Waals surface area contributed by atoms with Crippen LogP contribution in [0.1, 0.15) is 0 Å². The van der Waals surface area contributed by atoms with E-state index in [0.717, 1.165) is 23.5 Å². The smallest absolute Gasteiger partial charge is 0.409 e. The van der Waals surface area contributed by atoms with Gasteiger partial charge in [0.15, 0.2) is 16.6 Å². The van der Waals surface area contributed by atoms with E-state index in [-0.39, 0.29) is 33.8 Å². The number of methoxy groups -OCH3 is 3. The highest BCUT2D eigenvalue weighted by atomic mass is 35.5. The molecule has 0 aliphatic heterocycles. The van der Waals surface area contributed by atoms with Crippen LogP contribution in [0.5, 0.6) is 17.2 Å². The number of nitrogens with zero attached hydrogens (tertiary/aromatic N) is 3. The van der Waals surface area contributed by atoms with E-state index < -0.39 is 11.9 Å². The maximum atomic E-state index is 14.0. The number of nitrogens with two attached hydrogens (primary N) is 1. The van der Waals surface area contributed by atoms with Crippen LogP contribution in [0.2, 0.25) is 5.02 Å². The normalized spacial score (nSPS) is 10.7. The summed E-state index contributed by atoms with van der Waals surface area (Å²) in [6.45, 7) is 0. The number of carbonyl (C=O) groups is 1. The minimum Gasteiger partial charge on any atom is -0.493 e. The number of thiazole rings is 1. The van der Waals surface area contributed by atoms with Crippen molar-refractivity contribution in [1.29, 1.82) is 0 Å². The number of anilines is 4. The van der Waals surface area contributed by atoms with Crippen LogP contribution in [0.4, 0.5) is 31.5 Å². The van der Waals surface area contributed by atoms with Crippen molar-refractivity contribution >= 4 is 51.4 Å². The highest BCUT2D eigenvalue weighted by Gasteiger charge is 2.21. The van der Waals surface area contributed by atoms with E-state index in [1.807, 2.05) is 5.32 Å². The molecule has 0 aliphatic rings. The zero-order valence-corrected chi connectivity index (χ0v) is 20.5. The monoisotopic (exact) mass is 536 g/mol. The molecule has 0 bridgehead atoms. The first-order chi connectivity index (χ1) is 17.2. The van der Waals surface area contributed by atoms with Crippen LogP contribution in [-0.4, -0.2) is 47.7 Å². The van der Waals surface area contributed by atoms with Crippen LogP contribution in [0, 0.1) is 5.82 Å². The van der Waals surface area contributed by atoms with E-state index in [4.69, 9.17) is 41.2 Å². The molecule has 0 spiro atoms. The topological polar surface area (TPSA) is 167 Å². The molecule has 2 aromatic carbocycles. The molecule has 4 rings (SSSR count). The third-order valence-corrected chi connectivity index (χ3v) is 6.02. The van der Waals surface area contributed by atoms with Crippen molar-refractivity contribution in [2.45, 2.75) is 0 Å². The summed E-state index contributed by atoms with van der Waals surface area (Å²) in [6, 6.07) is 5.50. The number of aromatic nitrogens is 3. The number of rotatable bonds is 8. The molecule has 0 unspecified atom stereocenters. The summed E-state index contributed by atoms with van der Waals surface area (Å²) in [6.07, 6.45) is -1.44. The van der Waals surface area contributed by atoms with Gasteiger partial charge >= 0.3 is 6.09 Å². The second-order valence-corrected chi connectivity index (χ2v) is 8.34. The lowest BCUT2D eigenvalue weighted by Gasteiger charge is -2.14. The fourth-order valence-corrected chi connectivity index (χ4v) is 4.23. The number of hydrogen-bond acceptors (Lipinski definition) is 11. The van der Waals surface area contributed by atoms with Crippen LogP contribution in [0.15, 0.2) is 28.8 Å². The molecule has 2 heterocycles. The summed E-state index contributed by atoms with van der Waals surface area (Å²) >= 11 is 7.25. The van der Waals surface area contributed by atoms with Gasteiger partial charge in [-0.25, -0.2) is 14.2 Å². The summed E-state index contributed by atoms with van der Waals surface area (Å²) in [5.74, 6) is 0.607. The van der Waals surface area contributed by atoms with E-state index in [0.29, 0.717) is 32.9 Å². The van der Waals surface area contributed by atoms with Crippen molar-refractivity contribution in [2.24, 2.45) is 0 Å². The van der Waals surface area contributed by atoms with Gasteiger partial charge in [-0.05, 0) is 12.1 Å². The van der Waals surface area contributed by atoms with Crippen LogP contribution >= 0.6 is 22.9 Å². The van der Waals surface area contributed by atoms with Crippen LogP contribution in [-0.2, 0) is 0 Å². The summed E-state index contributed by atoms with van der Waals surface area (Å²) in [7, 11) is 4.51. The van der Waals surface area contributed by atoms with Crippen molar-refractivity contribution in [3.63, 3.8) is 0 Å². The van der Waals surface area contributed by atoms with Gasteiger partial charge in [0.1, 0.15) is 16.5 Å². The number of nitrogen functional groups attached to an aromatic ring is 1. The molecule has 36 heavy (non-hydrogen) atoms. The van der Waals surface area contributed by atoms with Gasteiger partial charge in [-0.3, -0.25) is 5.32 Å². The molecule has 0 fully saturated rings. The molecular weight excluding hydrogens is 519 g/mol. The average Bonchev–Trinajstić information content (AvgIpc) is 3.46. The van der Waals surface area contributed by atoms with Gasteiger partial charge in [-0.15, -0.1) is 0 Å². The SMILES string of the molecule is COc1cc(Nc2nc(N)c(-c3nc(-c4cc(NC(=O)O)c(F)cc4Cl)no3)s2)cc(OC)c1OC. The lowest BCUT2D eigenvalue weighted by atomic mass is 10.2. The van der Waals surface area contributed by atoms with Crippen molar-refractivity contribution in [1.82, 2.24) is 15.1 Å². The third kappa shape index (κ3) is 4.89. The van der Waals surface area contributed by atoms with Gasteiger partial charge in [0, 0.05) is 23.4 Å². The van der Waals surface area contributed by atoms with Gasteiger partial charge in [-0.2, -0.15) is 4.98 Å². The minimum absolute atomic E-state index is 0.00428. The Labute approximate surface area is 211 Å². The second-order valence-electron chi connectivity index (χ2n) is 6.94. The van der Waals surface area contributed by atoms with Crippen molar-refractivity contribution in [3.05, 3.63) is 35.1 Å². The highest BCUT2D eigenvalue weighted by Crippen LogP contribution is 2.42. The van der Waals surface area contributed by atoms with Crippen LogP contribution < -0.4 is 30.6 Å². The molecule has 0 saturated carbocycles. The van der Waals surface area contributed by atoms with Gasteiger partial charge in [0.05, 0.1) is 32.0 Å². The van der Waals surface area contributed by atoms with Gasteiger partial charge in [0.2, 0.25) is 11.6 Å². The minimum atomic E-state index is -1.44. The first-order valence-electron chi connectivity index (χ1n) is 9.90. The standard InChI is InChI=1S/C21H18ClFN6O6S/c1-32-13-4-8(5-14(33-2)15(13)34-3)25-20-27-17(24)16(36-20)19-28-18(29-35-19)9-6-12(26-21(30)31)11(23)7-10(9)22/h4-7,26H,24H2,1-3H3,(H,25,27)(H,30,31). The number of carboxylic acid groups (broad SMARTS) is 1. The molecule has 0 saturated heterocycles. The zero-order valence-electron chi connectivity index (χ0n) is 18.9. The number of ether oxygens (including phenoxy) is 3. The second kappa shape index (κ2) is 10.1. The zero-order chi connectivity index (χ0) is 26.0. The van der Waals surface area contributed by atoms with E-state index in [9.17, 15) is 9.18 Å². The lowest BCUT2D eigenvalue weighted by Crippen LogP contribution is -2.09. The summed E-state index contributed by atoms with van der Waals surface area (Å²) in [5.41, 5.74) is 6.49. The maximum absolute atomic E-state index is 14.0. The van der Waals surface area contributed by atoms with E-state index in [1.165, 1.54) is 21.3 Å². The largest absolute Gasteiger partial charge is 0.493 e. The quantitative estimate of drug-likeness (QED) is 0.236. The highest BCUT2D eigenvalue weighted by molar-refractivity contribution is 7.19. The van der Waals surface area contributed by atoms with E-state index in [2.05, 4.69) is 20.4 Å².